The molecule has 2 fully saturated rings. The Morgan fingerprint density at radius 1 is 1.00 bits per heavy atom. The number of benzene rings is 1. The van der Waals surface area contributed by atoms with Crippen molar-refractivity contribution in [2.75, 3.05) is 39.4 Å². The van der Waals surface area contributed by atoms with Gasteiger partial charge in [0.15, 0.2) is 0 Å². The number of morpholine rings is 1. The molecule has 0 atom stereocenters. The van der Waals surface area contributed by atoms with Gasteiger partial charge in [0.1, 0.15) is 4.99 Å². The molecule has 3 nitrogen and oxygen atoms in total. The maximum Gasteiger partial charge on any atom is 0.111 e. The van der Waals surface area contributed by atoms with Crippen molar-refractivity contribution in [2.45, 2.75) is 26.2 Å². The SMILES string of the molecule is Cc1ccc(C(=CN2CCCCC2)C(=S)N2CCOCC2)cc1. The van der Waals surface area contributed by atoms with E-state index in [1.54, 1.807) is 0 Å². The van der Waals surface area contributed by atoms with E-state index >= 15 is 0 Å². The van der Waals surface area contributed by atoms with Crippen LogP contribution < -0.4 is 0 Å². The second-order valence-electron chi connectivity index (χ2n) is 6.41. The summed E-state index contributed by atoms with van der Waals surface area (Å²) in [5, 5.41) is 0. The van der Waals surface area contributed by atoms with Gasteiger partial charge in [-0.15, -0.1) is 0 Å². The number of hydrogen-bond acceptors (Lipinski definition) is 3. The minimum Gasteiger partial charge on any atom is -0.378 e. The molecule has 23 heavy (non-hydrogen) atoms. The normalized spacial score (nSPS) is 19.8. The van der Waals surface area contributed by atoms with Gasteiger partial charge in [0, 0.05) is 38.0 Å². The van der Waals surface area contributed by atoms with Crippen LogP contribution in [0.1, 0.15) is 30.4 Å². The van der Waals surface area contributed by atoms with Crippen molar-refractivity contribution in [1.29, 1.82) is 0 Å². The van der Waals surface area contributed by atoms with Crippen LogP contribution in [0.5, 0.6) is 0 Å². The Labute approximate surface area is 144 Å². The number of aryl methyl sites for hydroxylation is 1. The Balaban J connectivity index is 1.86. The molecular formula is C19H26N2OS. The molecule has 1 aromatic rings. The third kappa shape index (κ3) is 4.33. The lowest BCUT2D eigenvalue weighted by Crippen LogP contribution is -2.40. The van der Waals surface area contributed by atoms with Gasteiger partial charge >= 0.3 is 0 Å². The quantitative estimate of drug-likeness (QED) is 0.622. The van der Waals surface area contributed by atoms with E-state index in [1.165, 1.54) is 36.0 Å². The maximum atomic E-state index is 5.85. The zero-order chi connectivity index (χ0) is 16.1. The Kier molecular flexibility index (Phi) is 5.68. The van der Waals surface area contributed by atoms with Gasteiger partial charge in [-0.2, -0.15) is 0 Å². The summed E-state index contributed by atoms with van der Waals surface area (Å²) in [7, 11) is 0. The van der Waals surface area contributed by atoms with Crippen LogP contribution in [0.3, 0.4) is 0 Å². The Morgan fingerprint density at radius 3 is 2.30 bits per heavy atom. The van der Waals surface area contributed by atoms with Gasteiger partial charge in [0.2, 0.25) is 0 Å². The van der Waals surface area contributed by atoms with E-state index in [9.17, 15) is 0 Å². The molecule has 2 saturated heterocycles. The van der Waals surface area contributed by atoms with Gasteiger partial charge in [0.05, 0.1) is 13.2 Å². The highest BCUT2D eigenvalue weighted by Crippen LogP contribution is 2.22. The van der Waals surface area contributed by atoms with Crippen LogP contribution in [0.2, 0.25) is 0 Å². The van der Waals surface area contributed by atoms with Crippen molar-refractivity contribution in [2.24, 2.45) is 0 Å². The lowest BCUT2D eigenvalue weighted by Gasteiger charge is -2.32. The molecule has 0 bridgehead atoms. The topological polar surface area (TPSA) is 15.7 Å². The molecule has 4 heteroatoms. The summed E-state index contributed by atoms with van der Waals surface area (Å²) in [6.07, 6.45) is 6.20. The molecule has 2 aliphatic heterocycles. The summed E-state index contributed by atoms with van der Waals surface area (Å²) in [5.41, 5.74) is 3.69. The Hall–Kier alpha value is -1.39. The molecule has 0 unspecified atom stereocenters. The largest absolute Gasteiger partial charge is 0.378 e. The monoisotopic (exact) mass is 330 g/mol. The number of piperidine rings is 1. The Bertz CT molecular complexity index is 555. The minimum atomic E-state index is 0.769. The Morgan fingerprint density at radius 2 is 1.65 bits per heavy atom. The molecule has 0 N–H and O–H groups in total. The highest BCUT2D eigenvalue weighted by atomic mass is 32.1. The summed E-state index contributed by atoms with van der Waals surface area (Å²) in [4.78, 5) is 5.68. The molecule has 0 radical (unpaired) electrons. The van der Waals surface area contributed by atoms with E-state index in [4.69, 9.17) is 17.0 Å². The minimum absolute atomic E-state index is 0.769. The molecule has 0 aliphatic carbocycles. The lowest BCUT2D eigenvalue weighted by atomic mass is 10.0. The third-order valence-electron chi connectivity index (χ3n) is 4.59. The van der Waals surface area contributed by atoms with E-state index in [1.807, 2.05) is 0 Å². The standard InChI is InChI=1S/C19H26N2OS/c1-16-5-7-17(8-6-16)18(15-20-9-3-2-4-10-20)19(23)21-11-13-22-14-12-21/h5-8,15H,2-4,9-14H2,1H3. The van der Waals surface area contributed by atoms with E-state index in [0.29, 0.717) is 0 Å². The molecule has 1 aromatic carbocycles. The van der Waals surface area contributed by atoms with Gasteiger partial charge in [-0.1, -0.05) is 42.0 Å². The van der Waals surface area contributed by atoms with Crippen LogP contribution in [-0.4, -0.2) is 54.2 Å². The second kappa shape index (κ2) is 7.93. The van der Waals surface area contributed by atoms with Crippen molar-refractivity contribution in [3.63, 3.8) is 0 Å². The average Bonchev–Trinajstić information content (AvgIpc) is 2.62. The number of ether oxygens (including phenoxy) is 1. The molecule has 0 saturated carbocycles. The van der Waals surface area contributed by atoms with Gasteiger partial charge in [-0.05, 0) is 31.7 Å². The highest BCUT2D eigenvalue weighted by Gasteiger charge is 2.19. The van der Waals surface area contributed by atoms with E-state index < -0.39 is 0 Å². The summed E-state index contributed by atoms with van der Waals surface area (Å²) in [5.74, 6) is 0. The fraction of sp³-hybridized carbons (Fsp3) is 0.526. The van der Waals surface area contributed by atoms with Gasteiger partial charge in [0.25, 0.3) is 0 Å². The van der Waals surface area contributed by atoms with Crippen molar-refractivity contribution in [1.82, 2.24) is 9.80 Å². The van der Waals surface area contributed by atoms with Gasteiger partial charge < -0.3 is 14.5 Å². The third-order valence-corrected chi connectivity index (χ3v) is 5.07. The molecular weight excluding hydrogens is 304 g/mol. The zero-order valence-corrected chi connectivity index (χ0v) is 14.8. The first-order valence-corrected chi connectivity index (χ1v) is 9.05. The number of hydrogen-bond donors (Lipinski definition) is 0. The molecule has 124 valence electrons. The van der Waals surface area contributed by atoms with Crippen molar-refractivity contribution in [3.05, 3.63) is 41.6 Å². The van der Waals surface area contributed by atoms with E-state index in [0.717, 1.165) is 44.4 Å². The van der Waals surface area contributed by atoms with Crippen LogP contribution in [0.15, 0.2) is 30.5 Å². The first-order valence-electron chi connectivity index (χ1n) is 8.64. The molecule has 2 aliphatic rings. The van der Waals surface area contributed by atoms with Gasteiger partial charge in [-0.25, -0.2) is 0 Å². The zero-order valence-electron chi connectivity index (χ0n) is 14.0. The molecule has 0 spiro atoms. The number of thiocarbonyl (C=S) groups is 1. The van der Waals surface area contributed by atoms with Crippen molar-refractivity contribution in [3.8, 4) is 0 Å². The first kappa shape index (κ1) is 16.5. The number of likely N-dealkylation sites (tertiary alicyclic amines) is 1. The summed E-state index contributed by atoms with van der Waals surface area (Å²) in [6.45, 7) is 7.72. The van der Waals surface area contributed by atoms with E-state index in [-0.39, 0.29) is 0 Å². The van der Waals surface area contributed by atoms with Crippen LogP contribution in [0.4, 0.5) is 0 Å². The number of nitrogens with zero attached hydrogens (tertiary/aromatic N) is 2. The van der Waals surface area contributed by atoms with Gasteiger partial charge in [-0.3, -0.25) is 0 Å². The predicted molar refractivity (Wildman–Crippen MR) is 99.6 cm³/mol. The van der Waals surface area contributed by atoms with Crippen molar-refractivity contribution < 1.29 is 4.74 Å². The first-order chi connectivity index (χ1) is 11.2. The molecule has 3 rings (SSSR count). The highest BCUT2D eigenvalue weighted by molar-refractivity contribution is 7.81. The van der Waals surface area contributed by atoms with E-state index in [2.05, 4.69) is 47.2 Å². The second-order valence-corrected chi connectivity index (χ2v) is 6.80. The van der Waals surface area contributed by atoms with Crippen molar-refractivity contribution >= 4 is 22.8 Å². The molecule has 2 heterocycles. The van der Waals surface area contributed by atoms with Crippen LogP contribution in [-0.2, 0) is 4.74 Å². The maximum absolute atomic E-state index is 5.85. The predicted octanol–water partition coefficient (Wildman–Crippen LogP) is 3.48. The average molecular weight is 330 g/mol. The summed E-state index contributed by atoms with van der Waals surface area (Å²) < 4.78 is 5.47. The fourth-order valence-electron chi connectivity index (χ4n) is 3.15. The summed E-state index contributed by atoms with van der Waals surface area (Å²) >= 11 is 5.85. The lowest BCUT2D eigenvalue weighted by molar-refractivity contribution is 0.0696. The molecule has 0 aromatic heterocycles. The molecule has 0 amide bonds. The summed E-state index contributed by atoms with van der Waals surface area (Å²) in [6, 6.07) is 8.72. The van der Waals surface area contributed by atoms with Crippen LogP contribution in [0.25, 0.3) is 5.57 Å². The van der Waals surface area contributed by atoms with Crippen LogP contribution >= 0.6 is 12.2 Å². The van der Waals surface area contributed by atoms with Crippen LogP contribution in [0, 0.1) is 6.92 Å². The fourth-order valence-corrected chi connectivity index (χ4v) is 3.51. The smallest absolute Gasteiger partial charge is 0.111 e. The number of rotatable bonds is 3.